The molecule has 0 amide bonds. The van der Waals surface area contributed by atoms with Crippen LogP contribution in [-0.2, 0) is 4.04 Å². The van der Waals surface area contributed by atoms with Crippen molar-refractivity contribution in [3.05, 3.63) is 35.9 Å². The molecule has 0 aliphatic heterocycles. The Bertz CT molecular complexity index is 205. The minimum Gasteiger partial charge on any atom is -0.208 e. The van der Waals surface area contributed by atoms with Gasteiger partial charge in [0.1, 0.15) is 0 Å². The van der Waals surface area contributed by atoms with Gasteiger partial charge < -0.3 is 0 Å². The van der Waals surface area contributed by atoms with Crippen molar-refractivity contribution in [3.8, 4) is 0 Å². The van der Waals surface area contributed by atoms with E-state index in [9.17, 15) is 4.39 Å². The lowest BCUT2D eigenvalue weighted by Crippen LogP contribution is -1.98. The summed E-state index contributed by atoms with van der Waals surface area (Å²) in [7, 11) is 0. The van der Waals surface area contributed by atoms with Crippen LogP contribution >= 0.6 is 27.5 Å². The van der Waals surface area contributed by atoms with Gasteiger partial charge in [0.25, 0.3) is 4.04 Å². The molecule has 0 spiro atoms. The van der Waals surface area contributed by atoms with Crippen LogP contribution in [0.3, 0.4) is 0 Å². The number of halogens is 3. The van der Waals surface area contributed by atoms with Crippen molar-refractivity contribution in [2.24, 2.45) is 0 Å². The van der Waals surface area contributed by atoms with Gasteiger partial charge in [0.2, 0.25) is 0 Å². The molecular weight excluding hydrogens is 218 g/mol. The maximum absolute atomic E-state index is 12.8. The lowest BCUT2D eigenvalue weighted by atomic mass is 10.2. The minimum absolute atomic E-state index is 0.414. The number of hydrogen-bond acceptors (Lipinski definition) is 0. The molecule has 1 unspecified atom stereocenters. The summed E-state index contributed by atoms with van der Waals surface area (Å²) in [6, 6.07) is 8.49. The van der Waals surface area contributed by atoms with E-state index in [1.807, 2.05) is 0 Å². The summed E-state index contributed by atoms with van der Waals surface area (Å²) < 4.78 is 10.9. The molecule has 0 saturated heterocycles. The van der Waals surface area contributed by atoms with Gasteiger partial charge in [-0.25, -0.2) is 4.39 Å². The highest BCUT2D eigenvalue weighted by Gasteiger charge is 2.23. The Morgan fingerprint density at radius 2 is 1.80 bits per heavy atom. The second-order valence-corrected chi connectivity index (χ2v) is 3.93. The predicted molar refractivity (Wildman–Crippen MR) is 44.0 cm³/mol. The predicted octanol–water partition coefficient (Wildman–Crippen LogP) is 3.40. The zero-order valence-electron chi connectivity index (χ0n) is 5.02. The molecule has 0 nitrogen and oxygen atoms in total. The molecule has 0 N–H and O–H groups in total. The molecule has 54 valence electrons. The van der Waals surface area contributed by atoms with Gasteiger partial charge in [0.15, 0.2) is 0 Å². The lowest BCUT2D eigenvalue weighted by Gasteiger charge is -2.07. The Balaban J connectivity index is 2.97. The average molecular weight is 223 g/mol. The van der Waals surface area contributed by atoms with Crippen LogP contribution in [-0.4, -0.2) is 0 Å². The van der Waals surface area contributed by atoms with Crippen molar-refractivity contribution < 1.29 is 4.39 Å². The maximum atomic E-state index is 12.8. The molecule has 1 aromatic carbocycles. The molecule has 0 aromatic heterocycles. The molecule has 0 aliphatic carbocycles. The molecule has 0 fully saturated rings. The molecule has 1 aromatic rings. The van der Waals surface area contributed by atoms with Crippen LogP contribution in [0.1, 0.15) is 5.56 Å². The fourth-order valence-corrected chi connectivity index (χ4v) is 1.02. The minimum atomic E-state index is -1.92. The van der Waals surface area contributed by atoms with Crippen LogP contribution in [0.5, 0.6) is 0 Å². The highest BCUT2D eigenvalue weighted by molar-refractivity contribution is 9.10. The van der Waals surface area contributed by atoms with E-state index >= 15 is 0 Å². The molecule has 0 heterocycles. The standard InChI is InChI=1S/C7H5BrClF/c8-7(9,10)6-4-2-1-3-5-6/h1-5H. The van der Waals surface area contributed by atoms with Crippen molar-refractivity contribution in [2.75, 3.05) is 0 Å². The summed E-state index contributed by atoms with van der Waals surface area (Å²) in [5.41, 5.74) is 0.414. The fraction of sp³-hybridized carbons (Fsp3) is 0.143. The highest BCUT2D eigenvalue weighted by Crippen LogP contribution is 2.36. The first kappa shape index (κ1) is 8.02. The van der Waals surface area contributed by atoms with E-state index in [-0.39, 0.29) is 0 Å². The van der Waals surface area contributed by atoms with Crippen molar-refractivity contribution in [1.82, 2.24) is 0 Å². The smallest absolute Gasteiger partial charge is 0.208 e. The molecule has 0 aliphatic rings. The molecule has 0 radical (unpaired) electrons. The van der Waals surface area contributed by atoms with Gasteiger partial charge in [-0.2, -0.15) is 0 Å². The van der Waals surface area contributed by atoms with E-state index in [2.05, 4.69) is 15.9 Å². The third-order valence-corrected chi connectivity index (χ3v) is 1.78. The SMILES string of the molecule is FC(Cl)(Br)c1ccccc1. The lowest BCUT2D eigenvalue weighted by molar-refractivity contribution is 0.425. The first-order chi connectivity index (χ1) is 4.61. The quantitative estimate of drug-likeness (QED) is 0.640. The van der Waals surface area contributed by atoms with Crippen LogP contribution < -0.4 is 0 Å². The van der Waals surface area contributed by atoms with Gasteiger partial charge in [-0.3, -0.25) is 0 Å². The topological polar surface area (TPSA) is 0 Å². The second kappa shape index (κ2) is 2.89. The molecule has 1 rings (SSSR count). The van der Waals surface area contributed by atoms with Crippen LogP contribution in [0.15, 0.2) is 30.3 Å². The number of hydrogen-bond donors (Lipinski definition) is 0. The third kappa shape index (κ3) is 1.96. The second-order valence-electron chi connectivity index (χ2n) is 1.86. The van der Waals surface area contributed by atoms with Crippen LogP contribution in [0, 0.1) is 0 Å². The van der Waals surface area contributed by atoms with Crippen LogP contribution in [0.25, 0.3) is 0 Å². The molecule has 1 atom stereocenters. The molecule has 0 bridgehead atoms. The Labute approximate surface area is 72.1 Å². The van der Waals surface area contributed by atoms with E-state index in [4.69, 9.17) is 11.6 Å². The van der Waals surface area contributed by atoms with Gasteiger partial charge in [-0.1, -0.05) is 41.9 Å². The summed E-state index contributed by atoms with van der Waals surface area (Å²) >= 11 is 7.99. The van der Waals surface area contributed by atoms with Gasteiger partial charge in [0.05, 0.1) is 0 Å². The maximum Gasteiger partial charge on any atom is 0.263 e. The highest BCUT2D eigenvalue weighted by atomic mass is 79.9. The first-order valence-corrected chi connectivity index (χ1v) is 3.90. The molecule has 10 heavy (non-hydrogen) atoms. The fourth-order valence-electron chi connectivity index (χ4n) is 0.627. The van der Waals surface area contributed by atoms with E-state index in [1.54, 1.807) is 30.3 Å². The average Bonchev–Trinajstić information content (AvgIpc) is 1.88. The van der Waals surface area contributed by atoms with Crippen molar-refractivity contribution in [3.63, 3.8) is 0 Å². The molecular formula is C7H5BrClF. The summed E-state index contributed by atoms with van der Waals surface area (Å²) in [4.78, 5) is 0. The summed E-state index contributed by atoms with van der Waals surface area (Å²) in [6.45, 7) is 0. The zero-order valence-corrected chi connectivity index (χ0v) is 7.36. The third-order valence-electron chi connectivity index (χ3n) is 1.10. The van der Waals surface area contributed by atoms with E-state index in [0.29, 0.717) is 5.56 Å². The largest absolute Gasteiger partial charge is 0.263 e. The number of rotatable bonds is 1. The Morgan fingerprint density at radius 3 is 2.10 bits per heavy atom. The molecule has 0 saturated carbocycles. The van der Waals surface area contributed by atoms with Crippen molar-refractivity contribution in [2.45, 2.75) is 4.04 Å². The van der Waals surface area contributed by atoms with Gasteiger partial charge in [-0.05, 0) is 15.9 Å². The van der Waals surface area contributed by atoms with Crippen molar-refractivity contribution in [1.29, 1.82) is 0 Å². The van der Waals surface area contributed by atoms with E-state index in [0.717, 1.165) is 0 Å². The van der Waals surface area contributed by atoms with Gasteiger partial charge >= 0.3 is 0 Å². The Kier molecular flexibility index (Phi) is 2.32. The number of alkyl halides is 3. The van der Waals surface area contributed by atoms with Crippen molar-refractivity contribution >= 4 is 27.5 Å². The summed E-state index contributed by atoms with van der Waals surface area (Å²) in [6.07, 6.45) is 0. The molecule has 3 heteroatoms. The normalized spacial score (nSPS) is 16.3. The van der Waals surface area contributed by atoms with Crippen LogP contribution in [0.4, 0.5) is 4.39 Å². The van der Waals surface area contributed by atoms with Gasteiger partial charge in [0, 0.05) is 5.56 Å². The van der Waals surface area contributed by atoms with Crippen LogP contribution in [0.2, 0.25) is 0 Å². The monoisotopic (exact) mass is 222 g/mol. The summed E-state index contributed by atoms with van der Waals surface area (Å²) in [5.74, 6) is 0. The Morgan fingerprint density at radius 1 is 1.30 bits per heavy atom. The van der Waals surface area contributed by atoms with E-state index < -0.39 is 4.04 Å². The van der Waals surface area contributed by atoms with Gasteiger partial charge in [-0.15, -0.1) is 0 Å². The zero-order chi connectivity index (χ0) is 7.61. The Hall–Kier alpha value is -0.0800. The van der Waals surface area contributed by atoms with E-state index in [1.165, 1.54) is 0 Å². The first-order valence-electron chi connectivity index (χ1n) is 2.73. The number of benzene rings is 1. The summed E-state index contributed by atoms with van der Waals surface area (Å²) in [5, 5.41) is 0.